The topological polar surface area (TPSA) is 93.1 Å². The van der Waals surface area contributed by atoms with Crippen molar-refractivity contribution in [3.05, 3.63) is 23.8 Å². The molecule has 2 saturated carbocycles. The lowest BCUT2D eigenvalue weighted by Crippen LogP contribution is -2.33. The summed E-state index contributed by atoms with van der Waals surface area (Å²) < 4.78 is 10.0. The molecule has 0 heterocycles. The number of ether oxygens (including phenoxy) is 2. The van der Waals surface area contributed by atoms with E-state index in [1.54, 1.807) is 6.92 Å². The number of hydrogen-bond donors (Lipinski definition) is 2. The van der Waals surface area contributed by atoms with Crippen molar-refractivity contribution in [2.75, 3.05) is 7.11 Å². The standard InChI is InChI=1S/C28H42O6/c1-6-7-10-19(4)24(29)14-13-22-23-16-20(15-21(23)17-25(22)30)11-8-9-12-26(31)34-27(18(2)3)28(32)33-5/h11,13-14,18-19,21-25,27,29-30H,8-10,12,15-17H2,1-5H3/t19?,21-,22+,23-,24+,25+,27-/m0/s1. The summed E-state index contributed by atoms with van der Waals surface area (Å²) in [4.78, 5) is 23.9. The minimum atomic E-state index is -0.859. The molecule has 0 saturated heterocycles. The van der Waals surface area contributed by atoms with Gasteiger partial charge in [-0.05, 0) is 56.8 Å². The Hall–Kier alpha value is -2.10. The molecule has 0 aromatic rings. The van der Waals surface area contributed by atoms with Gasteiger partial charge >= 0.3 is 11.9 Å². The van der Waals surface area contributed by atoms with Gasteiger partial charge in [0.25, 0.3) is 0 Å². The van der Waals surface area contributed by atoms with Gasteiger partial charge < -0.3 is 19.7 Å². The molecule has 6 heteroatoms. The highest BCUT2D eigenvalue weighted by molar-refractivity contribution is 5.79. The maximum atomic E-state index is 12.1. The van der Waals surface area contributed by atoms with Crippen molar-refractivity contribution in [2.45, 2.75) is 91.0 Å². The van der Waals surface area contributed by atoms with Crippen molar-refractivity contribution in [3.8, 4) is 11.8 Å². The van der Waals surface area contributed by atoms with E-state index in [1.807, 2.05) is 32.9 Å². The van der Waals surface area contributed by atoms with Gasteiger partial charge in [-0.3, -0.25) is 4.79 Å². The molecule has 34 heavy (non-hydrogen) atoms. The molecule has 0 bridgehead atoms. The summed E-state index contributed by atoms with van der Waals surface area (Å²) >= 11 is 0. The predicted molar refractivity (Wildman–Crippen MR) is 131 cm³/mol. The van der Waals surface area contributed by atoms with Gasteiger partial charge in [-0.25, -0.2) is 4.79 Å². The van der Waals surface area contributed by atoms with Crippen LogP contribution in [0.2, 0.25) is 0 Å². The second kappa shape index (κ2) is 13.7. The second-order valence-electron chi connectivity index (χ2n) is 10.1. The van der Waals surface area contributed by atoms with Gasteiger partial charge in [0.2, 0.25) is 6.10 Å². The molecule has 0 spiro atoms. The first-order valence-electron chi connectivity index (χ1n) is 12.6. The molecule has 1 unspecified atom stereocenters. The summed E-state index contributed by atoms with van der Waals surface area (Å²) in [6.45, 7) is 7.42. The lowest BCUT2D eigenvalue weighted by Gasteiger charge is -2.19. The SMILES string of the molecule is CC#CCC(C)[C@H](O)C=C[C@@H]1[C@H]2CC(=CCCCC(=O)O[C@H](C(=O)OC)C(C)C)C[C@H]2C[C@H]1O. The zero-order chi connectivity index (χ0) is 25.3. The number of carbonyl (C=O) groups is 2. The number of unbranched alkanes of at least 4 members (excludes halogenated alkanes) is 1. The van der Waals surface area contributed by atoms with Gasteiger partial charge in [0.15, 0.2) is 0 Å². The molecule has 2 aliphatic carbocycles. The fraction of sp³-hybridized carbons (Fsp3) is 0.714. The molecule has 2 N–H and O–H groups in total. The molecule has 0 aromatic heterocycles. The van der Waals surface area contributed by atoms with E-state index in [4.69, 9.17) is 9.47 Å². The molecular formula is C28H42O6. The Balaban J connectivity index is 1.82. The van der Waals surface area contributed by atoms with E-state index < -0.39 is 18.2 Å². The molecule has 2 fully saturated rings. The summed E-state index contributed by atoms with van der Waals surface area (Å²) in [7, 11) is 1.29. The van der Waals surface area contributed by atoms with Crippen LogP contribution in [-0.4, -0.2) is 47.6 Å². The number of fused-ring (bicyclic) bond motifs is 1. The first kappa shape index (κ1) is 28.1. The molecule has 2 rings (SSSR count). The third-order valence-electron chi connectivity index (χ3n) is 7.14. The van der Waals surface area contributed by atoms with E-state index in [9.17, 15) is 19.8 Å². The number of hydrogen-bond acceptors (Lipinski definition) is 6. The molecule has 2 aliphatic rings. The van der Waals surface area contributed by atoms with Crippen LogP contribution in [0.1, 0.15) is 72.6 Å². The van der Waals surface area contributed by atoms with Crippen molar-refractivity contribution in [1.29, 1.82) is 0 Å². The second-order valence-corrected chi connectivity index (χ2v) is 10.1. The number of carbonyl (C=O) groups excluding carboxylic acids is 2. The fourth-order valence-electron chi connectivity index (χ4n) is 5.08. The number of allylic oxidation sites excluding steroid dienone is 2. The van der Waals surface area contributed by atoms with Crippen LogP contribution in [0, 0.1) is 41.4 Å². The number of aliphatic hydroxyl groups is 2. The average Bonchev–Trinajstić information content (AvgIpc) is 3.32. The first-order chi connectivity index (χ1) is 16.2. The largest absolute Gasteiger partial charge is 0.466 e. The molecule has 0 aromatic carbocycles. The summed E-state index contributed by atoms with van der Waals surface area (Å²) in [6, 6.07) is 0. The Kier molecular flexibility index (Phi) is 11.3. The molecular weight excluding hydrogens is 432 g/mol. The van der Waals surface area contributed by atoms with Crippen LogP contribution >= 0.6 is 0 Å². The molecule has 0 amide bonds. The number of methoxy groups -OCH3 is 1. The molecule has 0 aliphatic heterocycles. The number of rotatable bonds is 11. The molecule has 7 atom stereocenters. The van der Waals surface area contributed by atoms with Gasteiger partial charge in [0.1, 0.15) is 0 Å². The van der Waals surface area contributed by atoms with Crippen molar-refractivity contribution in [1.82, 2.24) is 0 Å². The van der Waals surface area contributed by atoms with Crippen molar-refractivity contribution < 1.29 is 29.3 Å². The van der Waals surface area contributed by atoms with Gasteiger partial charge in [-0.2, -0.15) is 0 Å². The average molecular weight is 475 g/mol. The maximum Gasteiger partial charge on any atom is 0.347 e. The van der Waals surface area contributed by atoms with Gasteiger partial charge in [0, 0.05) is 24.7 Å². The smallest absolute Gasteiger partial charge is 0.347 e. The zero-order valence-electron chi connectivity index (χ0n) is 21.3. The van der Waals surface area contributed by atoms with Crippen LogP contribution in [-0.2, 0) is 19.1 Å². The number of esters is 2. The van der Waals surface area contributed by atoms with Crippen molar-refractivity contribution >= 4 is 11.9 Å². The quantitative estimate of drug-likeness (QED) is 0.202. The Labute approximate surface area is 204 Å². The van der Waals surface area contributed by atoms with Crippen LogP contribution in [0.25, 0.3) is 0 Å². The molecule has 0 radical (unpaired) electrons. The Morgan fingerprint density at radius 3 is 2.62 bits per heavy atom. The van der Waals surface area contributed by atoms with Gasteiger partial charge in [-0.15, -0.1) is 11.8 Å². The van der Waals surface area contributed by atoms with Crippen molar-refractivity contribution in [3.63, 3.8) is 0 Å². The Morgan fingerprint density at radius 1 is 1.24 bits per heavy atom. The third-order valence-corrected chi connectivity index (χ3v) is 7.14. The highest BCUT2D eigenvalue weighted by Gasteiger charge is 2.45. The van der Waals surface area contributed by atoms with Gasteiger partial charge in [-0.1, -0.05) is 44.6 Å². The minimum absolute atomic E-state index is 0.0622. The predicted octanol–water partition coefficient (Wildman–Crippen LogP) is 4.20. The van der Waals surface area contributed by atoms with E-state index in [0.717, 1.165) is 25.7 Å². The Morgan fingerprint density at radius 2 is 1.97 bits per heavy atom. The van der Waals surface area contributed by atoms with E-state index in [2.05, 4.69) is 17.9 Å². The van der Waals surface area contributed by atoms with Crippen LogP contribution in [0.4, 0.5) is 0 Å². The summed E-state index contributed by atoms with van der Waals surface area (Å²) in [5, 5.41) is 20.9. The van der Waals surface area contributed by atoms with E-state index in [0.29, 0.717) is 24.7 Å². The minimum Gasteiger partial charge on any atom is -0.466 e. The van der Waals surface area contributed by atoms with Crippen molar-refractivity contribution in [2.24, 2.45) is 29.6 Å². The van der Waals surface area contributed by atoms with E-state index in [1.165, 1.54) is 12.7 Å². The molecule has 6 nitrogen and oxygen atoms in total. The lowest BCUT2D eigenvalue weighted by molar-refractivity contribution is -0.169. The highest BCUT2D eigenvalue weighted by atomic mass is 16.6. The van der Waals surface area contributed by atoms with Crippen LogP contribution in [0.3, 0.4) is 0 Å². The summed E-state index contributed by atoms with van der Waals surface area (Å²) in [5.41, 5.74) is 1.38. The van der Waals surface area contributed by atoms with Crippen LogP contribution < -0.4 is 0 Å². The van der Waals surface area contributed by atoms with Crippen LogP contribution in [0.15, 0.2) is 23.8 Å². The van der Waals surface area contributed by atoms with Crippen LogP contribution in [0.5, 0.6) is 0 Å². The maximum absolute atomic E-state index is 12.1. The first-order valence-corrected chi connectivity index (χ1v) is 12.6. The summed E-state index contributed by atoms with van der Waals surface area (Å²) in [6.07, 6.45) is 9.40. The lowest BCUT2D eigenvalue weighted by atomic mass is 9.89. The Bertz CT molecular complexity index is 801. The summed E-state index contributed by atoms with van der Waals surface area (Å²) in [5.74, 6) is 5.83. The third kappa shape index (κ3) is 7.99. The van der Waals surface area contributed by atoms with Gasteiger partial charge in [0.05, 0.1) is 19.3 Å². The molecule has 190 valence electrons. The normalized spacial score (nSPS) is 27.8. The monoisotopic (exact) mass is 474 g/mol. The zero-order valence-corrected chi connectivity index (χ0v) is 21.3. The fourth-order valence-corrected chi connectivity index (χ4v) is 5.08. The van der Waals surface area contributed by atoms with E-state index >= 15 is 0 Å². The van der Waals surface area contributed by atoms with E-state index in [-0.39, 0.29) is 36.2 Å². The number of aliphatic hydroxyl groups excluding tert-OH is 2. The highest BCUT2D eigenvalue weighted by Crippen LogP contribution is 2.50.